The van der Waals surface area contributed by atoms with Gasteiger partial charge in [0.25, 0.3) is 0 Å². The fourth-order valence-corrected chi connectivity index (χ4v) is 2.68. The van der Waals surface area contributed by atoms with Crippen LogP contribution in [0.1, 0.15) is 47.9 Å². The van der Waals surface area contributed by atoms with Crippen molar-refractivity contribution in [1.82, 2.24) is 0 Å². The minimum atomic E-state index is 0.794. The van der Waals surface area contributed by atoms with E-state index in [9.17, 15) is 0 Å². The monoisotopic (exact) mass is 326 g/mol. The van der Waals surface area contributed by atoms with Crippen LogP contribution in [0, 0.1) is 27.7 Å². The summed E-state index contributed by atoms with van der Waals surface area (Å²) in [7, 11) is 0. The standard InChI is InChI=1S/C22H30O2/c1-17-11-9-13-21(19(17)3)23-15-7-5-6-8-16-24-22-14-10-12-18(2)20(22)4/h9-14H,5-8,15-16H2,1-4H3. The second-order valence-electron chi connectivity index (χ2n) is 6.51. The second kappa shape index (κ2) is 9.36. The van der Waals surface area contributed by atoms with Crippen molar-refractivity contribution in [3.63, 3.8) is 0 Å². The number of aryl methyl sites for hydroxylation is 2. The predicted molar refractivity (Wildman–Crippen MR) is 101 cm³/mol. The van der Waals surface area contributed by atoms with Crippen molar-refractivity contribution in [1.29, 1.82) is 0 Å². The maximum Gasteiger partial charge on any atom is 0.122 e. The van der Waals surface area contributed by atoms with E-state index in [1.54, 1.807) is 0 Å². The molecule has 130 valence electrons. The van der Waals surface area contributed by atoms with Crippen LogP contribution in [0.5, 0.6) is 11.5 Å². The second-order valence-corrected chi connectivity index (χ2v) is 6.51. The topological polar surface area (TPSA) is 18.5 Å². The van der Waals surface area contributed by atoms with Gasteiger partial charge >= 0.3 is 0 Å². The molecule has 0 heterocycles. The quantitative estimate of drug-likeness (QED) is 0.531. The van der Waals surface area contributed by atoms with E-state index in [4.69, 9.17) is 9.47 Å². The normalized spacial score (nSPS) is 10.7. The maximum absolute atomic E-state index is 5.89. The van der Waals surface area contributed by atoms with Gasteiger partial charge in [-0.25, -0.2) is 0 Å². The smallest absolute Gasteiger partial charge is 0.122 e. The van der Waals surface area contributed by atoms with Crippen LogP contribution in [0.15, 0.2) is 36.4 Å². The van der Waals surface area contributed by atoms with Gasteiger partial charge in [0, 0.05) is 0 Å². The van der Waals surface area contributed by atoms with Gasteiger partial charge in [0.15, 0.2) is 0 Å². The van der Waals surface area contributed by atoms with Crippen LogP contribution in [0.3, 0.4) is 0 Å². The van der Waals surface area contributed by atoms with Crippen LogP contribution < -0.4 is 9.47 Å². The number of hydrogen-bond donors (Lipinski definition) is 0. The Hall–Kier alpha value is -1.96. The molecule has 0 atom stereocenters. The van der Waals surface area contributed by atoms with Crippen LogP contribution in [-0.4, -0.2) is 13.2 Å². The molecule has 0 bridgehead atoms. The number of hydrogen-bond acceptors (Lipinski definition) is 2. The molecule has 0 saturated heterocycles. The first-order valence-corrected chi connectivity index (χ1v) is 8.97. The van der Waals surface area contributed by atoms with Gasteiger partial charge in [-0.15, -0.1) is 0 Å². The average Bonchev–Trinajstić information content (AvgIpc) is 2.57. The summed E-state index contributed by atoms with van der Waals surface area (Å²) in [6, 6.07) is 12.5. The van der Waals surface area contributed by atoms with E-state index < -0.39 is 0 Å². The Kier molecular flexibility index (Phi) is 7.17. The van der Waals surface area contributed by atoms with Gasteiger partial charge in [0.05, 0.1) is 13.2 Å². The fraction of sp³-hybridized carbons (Fsp3) is 0.455. The third kappa shape index (κ3) is 5.30. The summed E-state index contributed by atoms with van der Waals surface area (Å²) in [5.74, 6) is 2.04. The molecule has 0 unspecified atom stereocenters. The average molecular weight is 326 g/mol. The summed E-state index contributed by atoms with van der Waals surface area (Å²) in [6.07, 6.45) is 4.55. The number of ether oxygens (including phenoxy) is 2. The molecular weight excluding hydrogens is 296 g/mol. The maximum atomic E-state index is 5.89. The van der Waals surface area contributed by atoms with E-state index in [1.807, 2.05) is 0 Å². The van der Waals surface area contributed by atoms with E-state index in [0.717, 1.165) is 37.6 Å². The van der Waals surface area contributed by atoms with Crippen molar-refractivity contribution in [2.75, 3.05) is 13.2 Å². The van der Waals surface area contributed by atoms with Gasteiger partial charge in [-0.05, 0) is 87.8 Å². The molecule has 0 aromatic heterocycles. The zero-order valence-corrected chi connectivity index (χ0v) is 15.5. The molecule has 0 amide bonds. The summed E-state index contributed by atoms with van der Waals surface area (Å²) in [5.41, 5.74) is 5.08. The van der Waals surface area contributed by atoms with Gasteiger partial charge in [-0.2, -0.15) is 0 Å². The van der Waals surface area contributed by atoms with Gasteiger partial charge in [0.1, 0.15) is 11.5 Å². The Labute approximate surface area is 146 Å². The summed E-state index contributed by atoms with van der Waals surface area (Å²) < 4.78 is 11.8. The third-order valence-corrected chi connectivity index (χ3v) is 4.66. The number of rotatable bonds is 9. The first kappa shape index (κ1) is 18.4. The number of unbranched alkanes of at least 4 members (excludes halogenated alkanes) is 3. The molecular formula is C22H30O2. The minimum Gasteiger partial charge on any atom is -0.493 e. The molecule has 2 nitrogen and oxygen atoms in total. The van der Waals surface area contributed by atoms with E-state index >= 15 is 0 Å². The molecule has 24 heavy (non-hydrogen) atoms. The first-order valence-electron chi connectivity index (χ1n) is 8.97. The van der Waals surface area contributed by atoms with Crippen molar-refractivity contribution >= 4 is 0 Å². The highest BCUT2D eigenvalue weighted by Gasteiger charge is 2.02. The molecule has 0 fully saturated rings. The Morgan fingerprint density at radius 3 is 1.42 bits per heavy atom. The molecule has 0 aliphatic heterocycles. The molecule has 0 saturated carbocycles. The largest absolute Gasteiger partial charge is 0.493 e. The van der Waals surface area contributed by atoms with Crippen LogP contribution in [0.25, 0.3) is 0 Å². The molecule has 0 N–H and O–H groups in total. The summed E-state index contributed by atoms with van der Waals surface area (Å²) >= 11 is 0. The molecule has 0 radical (unpaired) electrons. The molecule has 0 aliphatic rings. The lowest BCUT2D eigenvalue weighted by Crippen LogP contribution is -2.02. The predicted octanol–water partition coefficient (Wildman–Crippen LogP) is 5.94. The first-order chi connectivity index (χ1) is 11.6. The third-order valence-electron chi connectivity index (χ3n) is 4.66. The van der Waals surface area contributed by atoms with E-state index in [1.165, 1.54) is 35.1 Å². The highest BCUT2D eigenvalue weighted by molar-refractivity contribution is 5.38. The lowest BCUT2D eigenvalue weighted by molar-refractivity contribution is 0.285. The van der Waals surface area contributed by atoms with Crippen molar-refractivity contribution < 1.29 is 9.47 Å². The summed E-state index contributed by atoms with van der Waals surface area (Å²) in [6.45, 7) is 10.1. The van der Waals surface area contributed by atoms with Crippen molar-refractivity contribution in [3.05, 3.63) is 58.7 Å². The Balaban J connectivity index is 1.57. The van der Waals surface area contributed by atoms with Gasteiger partial charge in [-0.3, -0.25) is 0 Å². The summed E-state index contributed by atoms with van der Waals surface area (Å²) in [4.78, 5) is 0. The minimum absolute atomic E-state index is 0.794. The van der Waals surface area contributed by atoms with Crippen molar-refractivity contribution in [2.24, 2.45) is 0 Å². The van der Waals surface area contributed by atoms with Crippen LogP contribution >= 0.6 is 0 Å². The Morgan fingerprint density at radius 2 is 1.00 bits per heavy atom. The zero-order chi connectivity index (χ0) is 17.4. The SMILES string of the molecule is Cc1cccc(OCCCCCCOc2cccc(C)c2C)c1C. The molecule has 0 spiro atoms. The van der Waals surface area contributed by atoms with Gasteiger partial charge in [0.2, 0.25) is 0 Å². The molecule has 2 aromatic rings. The molecule has 2 rings (SSSR count). The fourth-order valence-electron chi connectivity index (χ4n) is 2.68. The van der Waals surface area contributed by atoms with Gasteiger partial charge < -0.3 is 9.47 Å². The van der Waals surface area contributed by atoms with Crippen LogP contribution in [0.2, 0.25) is 0 Å². The van der Waals surface area contributed by atoms with E-state index in [2.05, 4.69) is 64.1 Å². The highest BCUT2D eigenvalue weighted by Crippen LogP contribution is 2.22. The lowest BCUT2D eigenvalue weighted by Gasteiger charge is -2.11. The Bertz CT molecular complexity index is 589. The molecule has 2 aromatic carbocycles. The molecule has 0 aliphatic carbocycles. The zero-order valence-electron chi connectivity index (χ0n) is 15.5. The summed E-state index contributed by atoms with van der Waals surface area (Å²) in [5, 5.41) is 0. The van der Waals surface area contributed by atoms with Crippen molar-refractivity contribution in [2.45, 2.75) is 53.4 Å². The Morgan fingerprint density at radius 1 is 0.583 bits per heavy atom. The molecule has 2 heteroatoms. The van der Waals surface area contributed by atoms with Crippen LogP contribution in [-0.2, 0) is 0 Å². The van der Waals surface area contributed by atoms with Gasteiger partial charge in [-0.1, -0.05) is 24.3 Å². The van der Waals surface area contributed by atoms with Crippen molar-refractivity contribution in [3.8, 4) is 11.5 Å². The van der Waals surface area contributed by atoms with E-state index in [-0.39, 0.29) is 0 Å². The van der Waals surface area contributed by atoms with Crippen LogP contribution in [0.4, 0.5) is 0 Å². The highest BCUT2D eigenvalue weighted by atomic mass is 16.5. The lowest BCUT2D eigenvalue weighted by atomic mass is 10.1. The number of benzene rings is 2. The van der Waals surface area contributed by atoms with E-state index in [0.29, 0.717) is 0 Å².